The minimum Gasteiger partial charge on any atom is -0.349 e. The fourth-order valence-electron chi connectivity index (χ4n) is 1.97. The van der Waals surface area contributed by atoms with E-state index in [9.17, 15) is 4.79 Å². The van der Waals surface area contributed by atoms with Crippen molar-refractivity contribution in [2.75, 3.05) is 6.54 Å². The second-order valence-corrected chi connectivity index (χ2v) is 5.46. The smallest absolute Gasteiger partial charge is 0.290 e. The zero-order valence-corrected chi connectivity index (χ0v) is 10.7. The lowest BCUT2D eigenvalue weighted by Gasteiger charge is -2.03. The molecular weight excluding hydrogens is 216 g/mol. The van der Waals surface area contributed by atoms with Crippen molar-refractivity contribution in [1.82, 2.24) is 20.5 Å². The number of carbonyl (C=O) groups is 1. The number of nitrogens with one attached hydrogen (secondary N) is 2. The molecule has 5 heteroatoms. The molecule has 1 saturated carbocycles. The number of rotatable bonds is 5. The fourth-order valence-corrected chi connectivity index (χ4v) is 1.97. The number of aromatic nitrogens is 3. The maximum atomic E-state index is 11.7. The summed E-state index contributed by atoms with van der Waals surface area (Å²) in [5.74, 6) is 1.46. The highest BCUT2D eigenvalue weighted by molar-refractivity contribution is 5.90. The van der Waals surface area contributed by atoms with Crippen LogP contribution in [-0.2, 0) is 6.42 Å². The lowest BCUT2D eigenvalue weighted by Crippen LogP contribution is -2.27. The topological polar surface area (TPSA) is 70.7 Å². The maximum absolute atomic E-state index is 11.7. The van der Waals surface area contributed by atoms with E-state index in [1.165, 1.54) is 6.42 Å². The predicted octanol–water partition coefficient (Wildman–Crippen LogP) is 1.53. The van der Waals surface area contributed by atoms with Crippen LogP contribution in [0.2, 0.25) is 0 Å². The number of hydrogen-bond acceptors (Lipinski definition) is 3. The Labute approximate surface area is 101 Å². The molecule has 2 N–H and O–H groups in total. The first-order valence-electron chi connectivity index (χ1n) is 6.22. The van der Waals surface area contributed by atoms with Gasteiger partial charge in [-0.05, 0) is 24.2 Å². The standard InChI is InChI=1S/C12H20N4O/c1-4-5-9-14-10(16-15-9)11(17)13-7-8-6-12(8,2)3/h8H,4-7H2,1-3H3,(H,13,17)(H,14,15,16). The molecule has 0 radical (unpaired) electrons. The van der Waals surface area contributed by atoms with Crippen LogP contribution < -0.4 is 5.32 Å². The zero-order valence-electron chi connectivity index (χ0n) is 10.7. The third-order valence-electron chi connectivity index (χ3n) is 3.45. The van der Waals surface area contributed by atoms with E-state index in [1.54, 1.807) is 0 Å². The highest BCUT2D eigenvalue weighted by Gasteiger charge is 2.45. The highest BCUT2D eigenvalue weighted by Crippen LogP contribution is 2.50. The van der Waals surface area contributed by atoms with E-state index in [4.69, 9.17) is 0 Å². The Bertz CT molecular complexity index is 410. The Morgan fingerprint density at radius 1 is 1.59 bits per heavy atom. The van der Waals surface area contributed by atoms with Gasteiger partial charge < -0.3 is 5.32 Å². The maximum Gasteiger partial charge on any atom is 0.290 e. The van der Waals surface area contributed by atoms with Crippen LogP contribution in [0.4, 0.5) is 0 Å². The summed E-state index contributed by atoms with van der Waals surface area (Å²) in [6.45, 7) is 7.23. The molecule has 1 unspecified atom stereocenters. The van der Waals surface area contributed by atoms with Crippen LogP contribution in [0.25, 0.3) is 0 Å². The normalized spacial score (nSPS) is 21.2. The molecule has 5 nitrogen and oxygen atoms in total. The molecule has 1 heterocycles. The SMILES string of the molecule is CCCc1nc(C(=O)NCC2CC2(C)C)n[nH]1. The van der Waals surface area contributed by atoms with Gasteiger partial charge in [0, 0.05) is 13.0 Å². The second-order valence-electron chi connectivity index (χ2n) is 5.46. The Kier molecular flexibility index (Phi) is 3.17. The van der Waals surface area contributed by atoms with Crippen LogP contribution in [0.5, 0.6) is 0 Å². The molecular formula is C12H20N4O. The van der Waals surface area contributed by atoms with Crippen molar-refractivity contribution < 1.29 is 4.79 Å². The lowest BCUT2D eigenvalue weighted by molar-refractivity contribution is 0.0940. The summed E-state index contributed by atoms with van der Waals surface area (Å²) in [4.78, 5) is 15.9. The molecule has 1 atom stereocenters. The van der Waals surface area contributed by atoms with Crippen molar-refractivity contribution in [1.29, 1.82) is 0 Å². The number of H-pyrrole nitrogens is 1. The minimum absolute atomic E-state index is 0.175. The van der Waals surface area contributed by atoms with Crippen molar-refractivity contribution in [3.63, 3.8) is 0 Å². The number of nitrogens with zero attached hydrogens (tertiary/aromatic N) is 2. The summed E-state index contributed by atoms with van der Waals surface area (Å²) < 4.78 is 0. The molecule has 0 bridgehead atoms. The summed E-state index contributed by atoms with van der Waals surface area (Å²) in [6, 6.07) is 0. The van der Waals surface area contributed by atoms with Gasteiger partial charge in [0.05, 0.1) is 0 Å². The summed E-state index contributed by atoms with van der Waals surface area (Å²) in [5, 5.41) is 9.59. The van der Waals surface area contributed by atoms with Crippen molar-refractivity contribution in [3.05, 3.63) is 11.6 Å². The predicted molar refractivity (Wildman–Crippen MR) is 64.6 cm³/mol. The number of amides is 1. The van der Waals surface area contributed by atoms with Gasteiger partial charge in [-0.2, -0.15) is 0 Å². The lowest BCUT2D eigenvalue weighted by atomic mass is 10.1. The highest BCUT2D eigenvalue weighted by atomic mass is 16.2. The summed E-state index contributed by atoms with van der Waals surface area (Å²) >= 11 is 0. The Balaban J connectivity index is 1.82. The Morgan fingerprint density at radius 2 is 2.29 bits per heavy atom. The first-order valence-corrected chi connectivity index (χ1v) is 6.22. The van der Waals surface area contributed by atoms with Crippen LogP contribution >= 0.6 is 0 Å². The van der Waals surface area contributed by atoms with Crippen molar-refractivity contribution in [3.8, 4) is 0 Å². The fraction of sp³-hybridized carbons (Fsp3) is 0.750. The van der Waals surface area contributed by atoms with Gasteiger partial charge >= 0.3 is 0 Å². The molecule has 1 aliphatic rings. The van der Waals surface area contributed by atoms with E-state index in [-0.39, 0.29) is 11.7 Å². The molecule has 1 aliphatic carbocycles. The molecule has 0 aliphatic heterocycles. The van der Waals surface area contributed by atoms with Gasteiger partial charge in [-0.25, -0.2) is 4.98 Å². The zero-order chi connectivity index (χ0) is 12.5. The summed E-state index contributed by atoms with van der Waals surface area (Å²) in [7, 11) is 0. The molecule has 1 fully saturated rings. The molecule has 1 amide bonds. The van der Waals surface area contributed by atoms with Gasteiger partial charge in [0.15, 0.2) is 0 Å². The monoisotopic (exact) mass is 236 g/mol. The quantitative estimate of drug-likeness (QED) is 0.814. The molecule has 2 rings (SSSR count). The second kappa shape index (κ2) is 4.47. The third kappa shape index (κ3) is 2.84. The average Bonchev–Trinajstić information content (AvgIpc) is 2.70. The first-order chi connectivity index (χ1) is 8.03. The largest absolute Gasteiger partial charge is 0.349 e. The third-order valence-corrected chi connectivity index (χ3v) is 3.45. The van der Waals surface area contributed by atoms with E-state index >= 15 is 0 Å². The number of aromatic amines is 1. The first kappa shape index (κ1) is 12.1. The van der Waals surface area contributed by atoms with Gasteiger partial charge in [0.1, 0.15) is 5.82 Å². The number of carbonyl (C=O) groups excluding carboxylic acids is 1. The summed E-state index contributed by atoms with van der Waals surface area (Å²) in [6.07, 6.45) is 3.00. The van der Waals surface area contributed by atoms with Crippen LogP contribution in [0.15, 0.2) is 0 Å². The van der Waals surface area contributed by atoms with E-state index in [2.05, 4.69) is 41.3 Å². The average molecular weight is 236 g/mol. The Hall–Kier alpha value is -1.39. The molecule has 1 aromatic rings. The molecule has 94 valence electrons. The number of hydrogen-bond donors (Lipinski definition) is 2. The molecule has 0 spiro atoms. The Morgan fingerprint density at radius 3 is 2.88 bits per heavy atom. The van der Waals surface area contributed by atoms with Crippen LogP contribution in [0, 0.1) is 11.3 Å². The molecule has 17 heavy (non-hydrogen) atoms. The van der Waals surface area contributed by atoms with Crippen molar-refractivity contribution in [2.45, 2.75) is 40.0 Å². The van der Waals surface area contributed by atoms with Gasteiger partial charge in [0.25, 0.3) is 5.91 Å². The molecule has 0 aromatic carbocycles. The van der Waals surface area contributed by atoms with Gasteiger partial charge in [-0.3, -0.25) is 9.89 Å². The van der Waals surface area contributed by atoms with E-state index in [0.717, 1.165) is 25.2 Å². The van der Waals surface area contributed by atoms with E-state index < -0.39 is 0 Å². The van der Waals surface area contributed by atoms with Gasteiger partial charge in [-0.1, -0.05) is 20.8 Å². The van der Waals surface area contributed by atoms with Crippen LogP contribution in [0.3, 0.4) is 0 Å². The van der Waals surface area contributed by atoms with Gasteiger partial charge in [-0.15, -0.1) is 5.10 Å². The minimum atomic E-state index is -0.175. The molecule has 1 aromatic heterocycles. The summed E-state index contributed by atoms with van der Waals surface area (Å²) in [5.41, 5.74) is 0.389. The van der Waals surface area contributed by atoms with Gasteiger partial charge in [0.2, 0.25) is 5.82 Å². The van der Waals surface area contributed by atoms with E-state index in [0.29, 0.717) is 11.3 Å². The van der Waals surface area contributed by atoms with Crippen LogP contribution in [-0.4, -0.2) is 27.6 Å². The van der Waals surface area contributed by atoms with Crippen molar-refractivity contribution in [2.24, 2.45) is 11.3 Å². The van der Waals surface area contributed by atoms with E-state index in [1.807, 2.05) is 0 Å². The number of aryl methyl sites for hydroxylation is 1. The van der Waals surface area contributed by atoms with Crippen molar-refractivity contribution >= 4 is 5.91 Å². The van der Waals surface area contributed by atoms with Crippen LogP contribution in [0.1, 0.15) is 50.1 Å². The molecule has 0 saturated heterocycles.